The van der Waals surface area contributed by atoms with Crippen LogP contribution in [0.25, 0.3) is 0 Å². The van der Waals surface area contributed by atoms with E-state index in [2.05, 4.69) is 38.2 Å². The van der Waals surface area contributed by atoms with E-state index in [1.54, 1.807) is 12.1 Å². The largest absolute Gasteiger partial charge is 0.409 e. The maximum Gasteiger partial charge on any atom is 0.173 e. The number of oxime groups is 1. The smallest absolute Gasteiger partial charge is 0.173 e. The topological polar surface area (TPSA) is 70.6 Å². The summed E-state index contributed by atoms with van der Waals surface area (Å²) < 4.78 is 14.2. The zero-order valence-corrected chi connectivity index (χ0v) is 13.2. The zero-order valence-electron chi connectivity index (χ0n) is 13.2. The lowest BCUT2D eigenvalue weighted by Gasteiger charge is -2.25. The van der Waals surface area contributed by atoms with Crippen LogP contribution in [0.15, 0.2) is 23.4 Å². The second-order valence-corrected chi connectivity index (χ2v) is 6.05. The first-order chi connectivity index (χ1) is 9.88. The molecule has 0 bridgehead atoms. The van der Waals surface area contributed by atoms with E-state index in [1.807, 2.05) is 0 Å². The molecule has 0 heterocycles. The van der Waals surface area contributed by atoms with Gasteiger partial charge in [-0.25, -0.2) is 4.39 Å². The average molecular weight is 295 g/mol. The van der Waals surface area contributed by atoms with Gasteiger partial charge in [-0.1, -0.05) is 45.0 Å². The van der Waals surface area contributed by atoms with Gasteiger partial charge < -0.3 is 16.3 Å². The summed E-state index contributed by atoms with van der Waals surface area (Å²) in [4.78, 5) is 0. The fourth-order valence-electron chi connectivity index (χ4n) is 2.58. The van der Waals surface area contributed by atoms with Crippen molar-refractivity contribution < 1.29 is 9.60 Å². The number of rotatable bonds is 7. The minimum Gasteiger partial charge on any atom is -0.409 e. The third-order valence-corrected chi connectivity index (χ3v) is 3.87. The highest BCUT2D eigenvalue weighted by Crippen LogP contribution is 2.20. The Hall–Kier alpha value is -1.62. The fourth-order valence-corrected chi connectivity index (χ4v) is 2.58. The molecule has 1 rings (SSSR count). The van der Waals surface area contributed by atoms with Crippen molar-refractivity contribution >= 4 is 5.84 Å². The molecule has 0 saturated heterocycles. The first-order valence-electron chi connectivity index (χ1n) is 7.34. The van der Waals surface area contributed by atoms with E-state index in [1.165, 1.54) is 6.07 Å². The van der Waals surface area contributed by atoms with Crippen LogP contribution < -0.4 is 11.1 Å². The van der Waals surface area contributed by atoms with E-state index in [0.717, 1.165) is 6.54 Å². The second kappa shape index (κ2) is 7.98. The van der Waals surface area contributed by atoms with E-state index in [-0.39, 0.29) is 11.4 Å². The van der Waals surface area contributed by atoms with Crippen LogP contribution in [0.5, 0.6) is 0 Å². The second-order valence-electron chi connectivity index (χ2n) is 6.05. The van der Waals surface area contributed by atoms with Crippen LogP contribution >= 0.6 is 0 Å². The summed E-state index contributed by atoms with van der Waals surface area (Å²) in [5.74, 6) is 1.04. The highest BCUT2D eigenvalue weighted by atomic mass is 19.1. The van der Waals surface area contributed by atoms with Crippen LogP contribution in [-0.2, 0) is 6.54 Å². The molecule has 1 aromatic rings. The molecule has 0 radical (unpaired) electrons. The predicted octanol–water partition coefficient (Wildman–Crippen LogP) is 2.94. The molecule has 0 aliphatic carbocycles. The van der Waals surface area contributed by atoms with Gasteiger partial charge in [0.2, 0.25) is 0 Å². The Kier molecular flexibility index (Phi) is 6.62. The number of halogens is 1. The van der Waals surface area contributed by atoms with Gasteiger partial charge in [-0.3, -0.25) is 0 Å². The van der Waals surface area contributed by atoms with E-state index in [4.69, 9.17) is 10.9 Å². The summed E-state index contributed by atoms with van der Waals surface area (Å²) in [6, 6.07) is 4.91. The van der Waals surface area contributed by atoms with Crippen LogP contribution in [0.4, 0.5) is 4.39 Å². The molecule has 0 atom stereocenters. The SMILES string of the molecule is CC(C)C(CNCc1cccc(/C(N)=N/O)c1F)C(C)C. The number of nitrogens with two attached hydrogens (primary N) is 1. The molecule has 4 N–H and O–H groups in total. The van der Waals surface area contributed by atoms with Crippen molar-refractivity contribution in [3.63, 3.8) is 0 Å². The number of benzene rings is 1. The van der Waals surface area contributed by atoms with Gasteiger partial charge in [-0.2, -0.15) is 0 Å². The number of amidine groups is 1. The monoisotopic (exact) mass is 295 g/mol. The van der Waals surface area contributed by atoms with E-state index in [0.29, 0.717) is 29.9 Å². The molecule has 21 heavy (non-hydrogen) atoms. The minimum atomic E-state index is -0.439. The summed E-state index contributed by atoms with van der Waals surface area (Å²) >= 11 is 0. The Bertz CT molecular complexity index is 478. The maximum atomic E-state index is 14.2. The third kappa shape index (κ3) is 4.70. The summed E-state index contributed by atoms with van der Waals surface area (Å²) in [7, 11) is 0. The van der Waals surface area contributed by atoms with Crippen molar-refractivity contribution in [1.82, 2.24) is 5.32 Å². The molecular formula is C16H26FN3O. The van der Waals surface area contributed by atoms with E-state index in [9.17, 15) is 4.39 Å². The molecule has 0 aliphatic rings. The molecule has 5 heteroatoms. The molecule has 4 nitrogen and oxygen atoms in total. The summed E-state index contributed by atoms with van der Waals surface area (Å²) in [5, 5.41) is 14.8. The van der Waals surface area contributed by atoms with Gasteiger partial charge in [0.1, 0.15) is 5.82 Å². The van der Waals surface area contributed by atoms with Gasteiger partial charge in [0.05, 0.1) is 5.56 Å². The molecule has 118 valence electrons. The van der Waals surface area contributed by atoms with Gasteiger partial charge in [0.25, 0.3) is 0 Å². The quantitative estimate of drug-likeness (QED) is 0.313. The van der Waals surface area contributed by atoms with E-state index < -0.39 is 5.82 Å². The normalized spacial score (nSPS) is 12.7. The van der Waals surface area contributed by atoms with Gasteiger partial charge >= 0.3 is 0 Å². The van der Waals surface area contributed by atoms with Gasteiger partial charge in [0, 0.05) is 12.1 Å². The molecule has 0 aliphatic heterocycles. The molecule has 0 amide bonds. The lowest BCUT2D eigenvalue weighted by Crippen LogP contribution is -2.30. The highest BCUT2D eigenvalue weighted by molar-refractivity contribution is 5.97. The van der Waals surface area contributed by atoms with Crippen molar-refractivity contribution in [2.24, 2.45) is 28.6 Å². The van der Waals surface area contributed by atoms with Crippen molar-refractivity contribution in [2.45, 2.75) is 34.2 Å². The molecule has 0 fully saturated rings. The lowest BCUT2D eigenvalue weighted by atomic mass is 9.85. The number of nitrogens with one attached hydrogen (secondary N) is 1. The molecule has 1 aromatic carbocycles. The Balaban J connectivity index is 2.72. The van der Waals surface area contributed by atoms with Crippen molar-refractivity contribution in [2.75, 3.05) is 6.54 Å². The summed E-state index contributed by atoms with van der Waals surface area (Å²) in [5.41, 5.74) is 6.10. The Morgan fingerprint density at radius 2 is 1.90 bits per heavy atom. The highest BCUT2D eigenvalue weighted by Gasteiger charge is 2.17. The summed E-state index contributed by atoms with van der Waals surface area (Å²) in [6.45, 7) is 10.1. The Morgan fingerprint density at radius 1 is 1.29 bits per heavy atom. The molecule has 0 aromatic heterocycles. The van der Waals surface area contributed by atoms with Gasteiger partial charge in [-0.15, -0.1) is 0 Å². The first kappa shape index (κ1) is 17.4. The van der Waals surface area contributed by atoms with E-state index >= 15 is 0 Å². The zero-order chi connectivity index (χ0) is 16.0. The van der Waals surface area contributed by atoms with Crippen molar-refractivity contribution in [3.8, 4) is 0 Å². The van der Waals surface area contributed by atoms with Gasteiger partial charge in [0.15, 0.2) is 5.84 Å². The molecule has 0 spiro atoms. The molecule has 0 unspecified atom stereocenters. The Labute approximate surface area is 126 Å². The van der Waals surface area contributed by atoms with Crippen LogP contribution in [0.2, 0.25) is 0 Å². The minimum absolute atomic E-state index is 0.126. The number of hydrogen-bond donors (Lipinski definition) is 3. The average Bonchev–Trinajstić information content (AvgIpc) is 2.43. The number of nitrogens with zero attached hydrogens (tertiary/aromatic N) is 1. The number of hydrogen-bond acceptors (Lipinski definition) is 3. The van der Waals surface area contributed by atoms with Crippen LogP contribution in [-0.4, -0.2) is 17.6 Å². The van der Waals surface area contributed by atoms with Crippen LogP contribution in [0, 0.1) is 23.6 Å². The lowest BCUT2D eigenvalue weighted by molar-refractivity contribution is 0.275. The van der Waals surface area contributed by atoms with Crippen molar-refractivity contribution in [3.05, 3.63) is 35.1 Å². The molecule has 0 saturated carbocycles. The van der Waals surface area contributed by atoms with Gasteiger partial charge in [-0.05, 0) is 30.4 Å². The first-order valence-corrected chi connectivity index (χ1v) is 7.34. The van der Waals surface area contributed by atoms with Crippen LogP contribution in [0.3, 0.4) is 0 Å². The fraction of sp³-hybridized carbons (Fsp3) is 0.562. The van der Waals surface area contributed by atoms with Crippen LogP contribution in [0.1, 0.15) is 38.8 Å². The third-order valence-electron chi connectivity index (χ3n) is 3.87. The Morgan fingerprint density at radius 3 is 2.43 bits per heavy atom. The summed E-state index contributed by atoms with van der Waals surface area (Å²) in [6.07, 6.45) is 0. The molecular weight excluding hydrogens is 269 g/mol. The van der Waals surface area contributed by atoms with Crippen molar-refractivity contribution in [1.29, 1.82) is 0 Å². The maximum absolute atomic E-state index is 14.2. The standard InChI is InChI=1S/C16H26FN3O/c1-10(2)14(11(3)4)9-19-8-12-6-5-7-13(15(12)17)16(18)20-21/h5-7,10-11,14,19,21H,8-9H2,1-4H3,(H2,18,20). The predicted molar refractivity (Wildman–Crippen MR) is 83.8 cm³/mol.